The third-order valence-electron chi connectivity index (χ3n) is 4.33. The molecule has 0 aliphatic carbocycles. The van der Waals surface area contributed by atoms with Crippen LogP contribution < -0.4 is 16.2 Å². The summed E-state index contributed by atoms with van der Waals surface area (Å²) in [6.45, 7) is 0. The van der Waals surface area contributed by atoms with E-state index in [4.69, 9.17) is 0 Å². The van der Waals surface area contributed by atoms with Gasteiger partial charge in [-0.25, -0.2) is 12.7 Å². The predicted octanol–water partition coefficient (Wildman–Crippen LogP) is 2.33. The SMILES string of the molecule is CN(C)S(=O)(=O)c1cccc(C(=O)NNC(=O)c2ccccc2NC(=O)c2cccs2)c1. The number of carbonyl (C=O) groups is 3. The number of benzene rings is 2. The fraction of sp³-hybridized carbons (Fsp3) is 0.0952. The van der Waals surface area contributed by atoms with Crippen molar-refractivity contribution in [1.82, 2.24) is 15.2 Å². The van der Waals surface area contributed by atoms with Crippen LogP contribution in [0.1, 0.15) is 30.4 Å². The predicted molar refractivity (Wildman–Crippen MR) is 121 cm³/mol. The van der Waals surface area contributed by atoms with E-state index in [-0.39, 0.29) is 27.6 Å². The molecule has 0 atom stereocenters. The maximum Gasteiger partial charge on any atom is 0.271 e. The maximum atomic E-state index is 12.6. The van der Waals surface area contributed by atoms with E-state index in [1.54, 1.807) is 35.7 Å². The van der Waals surface area contributed by atoms with Gasteiger partial charge in [-0.3, -0.25) is 25.2 Å². The molecule has 0 radical (unpaired) electrons. The largest absolute Gasteiger partial charge is 0.321 e. The maximum absolute atomic E-state index is 12.6. The zero-order valence-corrected chi connectivity index (χ0v) is 18.8. The van der Waals surface area contributed by atoms with Crippen molar-refractivity contribution >= 4 is 44.8 Å². The molecule has 0 bridgehead atoms. The third-order valence-corrected chi connectivity index (χ3v) is 7.01. The van der Waals surface area contributed by atoms with Crippen LogP contribution >= 0.6 is 11.3 Å². The van der Waals surface area contributed by atoms with Crippen LogP contribution in [0.25, 0.3) is 0 Å². The standard InChI is InChI=1S/C21H20N4O5S2/c1-25(2)32(29,30)15-8-5-7-14(13-15)19(26)23-24-20(27)16-9-3-4-10-17(16)22-21(28)18-11-6-12-31-18/h3-13H,1-2H3,(H,22,28)(H,23,26)(H,24,27). The van der Waals surface area contributed by atoms with E-state index in [9.17, 15) is 22.8 Å². The van der Waals surface area contributed by atoms with E-state index in [2.05, 4.69) is 16.2 Å². The van der Waals surface area contributed by atoms with Gasteiger partial charge in [-0.15, -0.1) is 11.3 Å². The number of amides is 3. The molecule has 3 N–H and O–H groups in total. The Morgan fingerprint density at radius 1 is 0.844 bits per heavy atom. The number of rotatable bonds is 6. The molecular weight excluding hydrogens is 452 g/mol. The van der Waals surface area contributed by atoms with Gasteiger partial charge < -0.3 is 5.32 Å². The Bertz CT molecular complexity index is 1250. The molecule has 32 heavy (non-hydrogen) atoms. The average molecular weight is 473 g/mol. The van der Waals surface area contributed by atoms with Gasteiger partial charge in [0.1, 0.15) is 0 Å². The Balaban J connectivity index is 1.70. The second-order valence-electron chi connectivity index (χ2n) is 6.70. The zero-order chi connectivity index (χ0) is 23.3. The molecule has 0 aliphatic rings. The fourth-order valence-electron chi connectivity index (χ4n) is 2.64. The summed E-state index contributed by atoms with van der Waals surface area (Å²) in [5, 5.41) is 4.44. The molecule has 0 saturated carbocycles. The first-order valence-corrected chi connectivity index (χ1v) is 11.6. The molecule has 1 heterocycles. The highest BCUT2D eigenvalue weighted by Gasteiger charge is 2.19. The van der Waals surface area contributed by atoms with Gasteiger partial charge in [-0.2, -0.15) is 0 Å². The van der Waals surface area contributed by atoms with Crippen molar-refractivity contribution in [1.29, 1.82) is 0 Å². The average Bonchev–Trinajstić information content (AvgIpc) is 3.33. The lowest BCUT2D eigenvalue weighted by atomic mass is 10.1. The number of nitrogens with zero attached hydrogens (tertiary/aromatic N) is 1. The van der Waals surface area contributed by atoms with Gasteiger partial charge in [-0.05, 0) is 41.8 Å². The summed E-state index contributed by atoms with van der Waals surface area (Å²) < 4.78 is 25.6. The van der Waals surface area contributed by atoms with Crippen molar-refractivity contribution in [3.63, 3.8) is 0 Å². The number of hydrogen-bond acceptors (Lipinski definition) is 6. The molecule has 166 valence electrons. The molecule has 0 saturated heterocycles. The summed E-state index contributed by atoms with van der Waals surface area (Å²) in [5.74, 6) is -1.71. The van der Waals surface area contributed by atoms with Gasteiger partial charge in [0.05, 0.1) is 21.0 Å². The van der Waals surface area contributed by atoms with E-state index in [1.165, 1.54) is 55.8 Å². The molecule has 0 aliphatic heterocycles. The topological polar surface area (TPSA) is 125 Å². The summed E-state index contributed by atoms with van der Waals surface area (Å²) in [6.07, 6.45) is 0. The minimum atomic E-state index is -3.72. The highest BCUT2D eigenvalue weighted by molar-refractivity contribution is 7.89. The molecule has 11 heteroatoms. The van der Waals surface area contributed by atoms with Crippen LogP contribution in [0, 0.1) is 0 Å². The van der Waals surface area contributed by atoms with Crippen LogP contribution in [0.2, 0.25) is 0 Å². The van der Waals surface area contributed by atoms with Gasteiger partial charge in [0.2, 0.25) is 10.0 Å². The number of para-hydroxylation sites is 1. The van der Waals surface area contributed by atoms with Crippen molar-refractivity contribution in [2.24, 2.45) is 0 Å². The number of nitrogens with one attached hydrogen (secondary N) is 3. The van der Waals surface area contributed by atoms with E-state index < -0.39 is 21.8 Å². The summed E-state index contributed by atoms with van der Waals surface area (Å²) in [7, 11) is -0.945. The number of hydrogen-bond donors (Lipinski definition) is 3. The van der Waals surface area contributed by atoms with Crippen molar-refractivity contribution in [3.8, 4) is 0 Å². The summed E-state index contributed by atoms with van der Waals surface area (Å²) in [5.41, 5.74) is 5.00. The van der Waals surface area contributed by atoms with E-state index in [0.717, 1.165) is 4.31 Å². The van der Waals surface area contributed by atoms with E-state index >= 15 is 0 Å². The van der Waals surface area contributed by atoms with Crippen LogP contribution in [0.4, 0.5) is 5.69 Å². The van der Waals surface area contributed by atoms with Crippen molar-refractivity contribution in [3.05, 3.63) is 82.0 Å². The Hall–Kier alpha value is -3.54. The van der Waals surface area contributed by atoms with Gasteiger partial charge in [0, 0.05) is 19.7 Å². The summed E-state index contributed by atoms with van der Waals surface area (Å²) >= 11 is 1.27. The number of thiophene rings is 1. The highest BCUT2D eigenvalue weighted by atomic mass is 32.2. The Kier molecular flexibility index (Phi) is 7.03. The van der Waals surface area contributed by atoms with Crippen LogP contribution in [0.3, 0.4) is 0 Å². The number of hydrazine groups is 1. The van der Waals surface area contributed by atoms with Crippen molar-refractivity contribution < 1.29 is 22.8 Å². The van der Waals surface area contributed by atoms with Gasteiger partial charge in [-0.1, -0.05) is 24.3 Å². The minimum absolute atomic E-state index is 0.0486. The quantitative estimate of drug-likeness (QED) is 0.475. The number of sulfonamides is 1. The van der Waals surface area contributed by atoms with Crippen LogP contribution in [-0.2, 0) is 10.0 Å². The van der Waals surface area contributed by atoms with E-state index in [1.807, 2.05) is 0 Å². The second kappa shape index (κ2) is 9.73. The summed E-state index contributed by atoms with van der Waals surface area (Å²) in [4.78, 5) is 37.8. The summed E-state index contributed by atoms with van der Waals surface area (Å²) in [6, 6.07) is 15.2. The van der Waals surface area contributed by atoms with Crippen molar-refractivity contribution in [2.75, 3.05) is 19.4 Å². The molecule has 0 spiro atoms. The molecule has 3 rings (SSSR count). The van der Waals surface area contributed by atoms with Gasteiger partial charge >= 0.3 is 0 Å². The number of anilines is 1. The first-order chi connectivity index (χ1) is 15.2. The van der Waals surface area contributed by atoms with Crippen molar-refractivity contribution in [2.45, 2.75) is 4.90 Å². The normalized spacial score (nSPS) is 11.1. The molecule has 3 amide bonds. The highest BCUT2D eigenvalue weighted by Crippen LogP contribution is 2.18. The zero-order valence-electron chi connectivity index (χ0n) is 17.2. The Morgan fingerprint density at radius 2 is 1.56 bits per heavy atom. The molecule has 9 nitrogen and oxygen atoms in total. The lowest BCUT2D eigenvalue weighted by Crippen LogP contribution is -2.42. The van der Waals surface area contributed by atoms with E-state index in [0.29, 0.717) is 4.88 Å². The van der Waals surface area contributed by atoms with Gasteiger partial charge in [0.25, 0.3) is 17.7 Å². The molecule has 1 aromatic heterocycles. The van der Waals surface area contributed by atoms with Crippen LogP contribution in [-0.4, -0.2) is 44.5 Å². The molecule has 2 aromatic carbocycles. The van der Waals surface area contributed by atoms with Crippen LogP contribution in [0.15, 0.2) is 70.9 Å². The molecule has 3 aromatic rings. The lowest BCUT2D eigenvalue weighted by Gasteiger charge is -2.13. The molecule has 0 fully saturated rings. The fourth-order valence-corrected chi connectivity index (χ4v) is 4.21. The van der Waals surface area contributed by atoms with Crippen LogP contribution in [0.5, 0.6) is 0 Å². The monoisotopic (exact) mass is 472 g/mol. The smallest absolute Gasteiger partial charge is 0.271 e. The Morgan fingerprint density at radius 3 is 2.25 bits per heavy atom. The first-order valence-electron chi connectivity index (χ1n) is 9.27. The number of carbonyl (C=O) groups excluding carboxylic acids is 3. The first kappa shape index (κ1) is 23.1. The second-order valence-corrected chi connectivity index (χ2v) is 9.80. The van der Waals surface area contributed by atoms with Gasteiger partial charge in [0.15, 0.2) is 0 Å². The molecular formula is C21H20N4O5S2. The Labute approximate surface area is 189 Å². The lowest BCUT2D eigenvalue weighted by molar-refractivity contribution is 0.0847. The minimum Gasteiger partial charge on any atom is -0.321 e. The third kappa shape index (κ3) is 5.19. The molecule has 0 unspecified atom stereocenters.